The molecule has 0 fully saturated rings. The molecule has 49 valence electrons. The van der Waals surface area contributed by atoms with Gasteiger partial charge in [0.15, 0.2) is 0 Å². The number of unbranched alkanes of at least 4 members (excludes halogenated alkanes) is 1. The quantitative estimate of drug-likeness (QED) is 0.535. The van der Waals surface area contributed by atoms with Crippen molar-refractivity contribution in [3.63, 3.8) is 0 Å². The highest BCUT2D eigenvalue weighted by atomic mass is 14.6. The van der Waals surface area contributed by atoms with Gasteiger partial charge in [0.2, 0.25) is 0 Å². The first kappa shape index (κ1) is 7.96. The number of rotatable bonds is 4. The summed E-state index contributed by atoms with van der Waals surface area (Å²) in [7, 11) is 0. The molecule has 0 saturated heterocycles. The predicted octanol–water partition coefficient (Wildman–Crippen LogP) is 2.24. The zero-order valence-electron chi connectivity index (χ0n) is 5.91. The Labute approximate surface area is 52.3 Å². The van der Waals surface area contributed by atoms with Crippen molar-refractivity contribution in [3.8, 4) is 0 Å². The highest BCUT2D eigenvalue weighted by molar-refractivity contribution is 4.55. The Kier molecular flexibility index (Phi) is 5.08. The lowest BCUT2D eigenvalue weighted by atomic mass is 10.1. The molecule has 0 amide bonds. The van der Waals surface area contributed by atoms with E-state index in [0.29, 0.717) is 0 Å². The second-order valence-corrected chi connectivity index (χ2v) is 2.25. The van der Waals surface area contributed by atoms with Gasteiger partial charge in [-0.05, 0) is 12.8 Å². The maximum atomic E-state index is 7.32. The lowest BCUT2D eigenvalue weighted by Crippen LogP contribution is -2.05. The van der Waals surface area contributed by atoms with Gasteiger partial charge in [0.25, 0.3) is 0 Å². The predicted molar refractivity (Wildman–Crippen MR) is 36.7 cm³/mol. The fourth-order valence-electron chi connectivity index (χ4n) is 0.655. The fourth-order valence-corrected chi connectivity index (χ4v) is 0.655. The van der Waals surface area contributed by atoms with Gasteiger partial charge in [0.05, 0.1) is 0 Å². The van der Waals surface area contributed by atoms with Crippen LogP contribution in [0.4, 0.5) is 0 Å². The van der Waals surface area contributed by atoms with Crippen molar-refractivity contribution >= 4 is 0 Å². The Hall–Kier alpha value is -0.0400. The van der Waals surface area contributed by atoms with Crippen molar-refractivity contribution in [3.05, 3.63) is 0 Å². The summed E-state index contributed by atoms with van der Waals surface area (Å²) in [4.78, 5) is 0. The minimum Gasteiger partial charge on any atom is -0.255 e. The van der Waals surface area contributed by atoms with E-state index in [0.717, 1.165) is 12.8 Å². The van der Waals surface area contributed by atoms with Gasteiger partial charge >= 0.3 is 0 Å². The molecule has 0 bridgehead atoms. The molecule has 1 nitrogen and oxygen atoms in total. The number of hydrogen-bond donors (Lipinski definition) is 0. The molecular weight excluding hydrogens is 98.1 g/mol. The summed E-state index contributed by atoms with van der Waals surface area (Å²) in [5.41, 5.74) is 7.32. The third-order valence-corrected chi connectivity index (χ3v) is 1.40. The standard InChI is InChI=1S/C7H16N/c1-3-5-6-7(8)4-2/h7-8H,3-6H2,1-2H3. The molecule has 0 heterocycles. The molecule has 0 spiro atoms. The van der Waals surface area contributed by atoms with Crippen molar-refractivity contribution in [2.45, 2.75) is 45.6 Å². The molecule has 0 aromatic heterocycles. The summed E-state index contributed by atoms with van der Waals surface area (Å²) in [5.74, 6) is 0. The van der Waals surface area contributed by atoms with Gasteiger partial charge in [-0.2, -0.15) is 0 Å². The number of nitrogens with one attached hydrogen (secondary N) is 1. The summed E-state index contributed by atoms with van der Waals surface area (Å²) < 4.78 is 0. The minimum atomic E-state index is 0.204. The van der Waals surface area contributed by atoms with Crippen LogP contribution in [-0.2, 0) is 0 Å². The Morgan fingerprint density at radius 2 is 2.00 bits per heavy atom. The Morgan fingerprint density at radius 3 is 2.38 bits per heavy atom. The molecule has 0 aliphatic heterocycles. The monoisotopic (exact) mass is 114 g/mol. The van der Waals surface area contributed by atoms with E-state index < -0.39 is 0 Å². The maximum Gasteiger partial charge on any atom is 0.0210 e. The average molecular weight is 114 g/mol. The second-order valence-electron chi connectivity index (χ2n) is 2.25. The van der Waals surface area contributed by atoms with Gasteiger partial charge < -0.3 is 0 Å². The first-order valence-electron chi connectivity index (χ1n) is 3.52. The highest BCUT2D eigenvalue weighted by Crippen LogP contribution is 2.01. The summed E-state index contributed by atoms with van der Waals surface area (Å²) in [6.45, 7) is 4.25. The van der Waals surface area contributed by atoms with Gasteiger partial charge in [-0.25, -0.2) is 0 Å². The molecule has 1 atom stereocenters. The van der Waals surface area contributed by atoms with Gasteiger partial charge in [-0.3, -0.25) is 5.73 Å². The van der Waals surface area contributed by atoms with Crippen LogP contribution < -0.4 is 5.73 Å². The van der Waals surface area contributed by atoms with Crippen molar-refractivity contribution in [2.75, 3.05) is 0 Å². The SMILES string of the molecule is CCCCC([NH])CC. The van der Waals surface area contributed by atoms with Crippen molar-refractivity contribution < 1.29 is 0 Å². The van der Waals surface area contributed by atoms with Crippen LogP contribution in [0.1, 0.15) is 39.5 Å². The lowest BCUT2D eigenvalue weighted by molar-refractivity contribution is 0.549. The van der Waals surface area contributed by atoms with Crippen LogP contribution in [-0.4, -0.2) is 6.04 Å². The molecule has 1 N–H and O–H groups in total. The summed E-state index contributed by atoms with van der Waals surface area (Å²) in [6, 6.07) is 0.204. The Balaban J connectivity index is 2.86. The molecule has 1 radical (unpaired) electrons. The van der Waals surface area contributed by atoms with E-state index in [-0.39, 0.29) is 6.04 Å². The highest BCUT2D eigenvalue weighted by Gasteiger charge is 1.95. The van der Waals surface area contributed by atoms with Gasteiger partial charge in [0, 0.05) is 6.04 Å². The van der Waals surface area contributed by atoms with Gasteiger partial charge in [-0.1, -0.05) is 26.7 Å². The molecule has 1 heteroatoms. The smallest absolute Gasteiger partial charge is 0.0210 e. The van der Waals surface area contributed by atoms with Crippen LogP contribution in [0, 0.1) is 0 Å². The van der Waals surface area contributed by atoms with Crippen LogP contribution in [0.2, 0.25) is 0 Å². The molecule has 0 saturated carbocycles. The molecule has 0 aromatic carbocycles. The Bertz CT molecular complexity index is 43.7. The lowest BCUT2D eigenvalue weighted by Gasteiger charge is -2.03. The molecular formula is C7H16N. The van der Waals surface area contributed by atoms with Gasteiger partial charge in [-0.15, -0.1) is 0 Å². The molecule has 1 unspecified atom stereocenters. The Morgan fingerprint density at radius 1 is 1.38 bits per heavy atom. The first-order chi connectivity index (χ1) is 3.81. The molecule has 0 aromatic rings. The molecule has 0 aliphatic carbocycles. The fraction of sp³-hybridized carbons (Fsp3) is 1.00. The normalized spacial score (nSPS) is 13.9. The van der Waals surface area contributed by atoms with Crippen molar-refractivity contribution in [1.82, 2.24) is 5.73 Å². The largest absolute Gasteiger partial charge is 0.255 e. The maximum absolute atomic E-state index is 7.32. The van der Waals surface area contributed by atoms with Crippen LogP contribution in [0.5, 0.6) is 0 Å². The van der Waals surface area contributed by atoms with Crippen LogP contribution >= 0.6 is 0 Å². The number of hydrogen-bond acceptors (Lipinski definition) is 0. The average Bonchev–Trinajstić information content (AvgIpc) is 1.83. The molecule has 0 aliphatic rings. The van der Waals surface area contributed by atoms with E-state index in [9.17, 15) is 0 Å². The first-order valence-corrected chi connectivity index (χ1v) is 3.52. The van der Waals surface area contributed by atoms with E-state index >= 15 is 0 Å². The van der Waals surface area contributed by atoms with Crippen LogP contribution in [0.3, 0.4) is 0 Å². The van der Waals surface area contributed by atoms with E-state index in [4.69, 9.17) is 5.73 Å². The summed E-state index contributed by atoms with van der Waals surface area (Å²) in [6.07, 6.45) is 4.56. The zero-order valence-corrected chi connectivity index (χ0v) is 5.91. The summed E-state index contributed by atoms with van der Waals surface area (Å²) in [5, 5.41) is 0. The molecule has 8 heavy (non-hydrogen) atoms. The topological polar surface area (TPSA) is 23.8 Å². The second kappa shape index (κ2) is 5.10. The third kappa shape index (κ3) is 4.13. The van der Waals surface area contributed by atoms with Crippen molar-refractivity contribution in [1.29, 1.82) is 0 Å². The van der Waals surface area contributed by atoms with Gasteiger partial charge in [0.1, 0.15) is 0 Å². The van der Waals surface area contributed by atoms with E-state index in [1.54, 1.807) is 0 Å². The van der Waals surface area contributed by atoms with Crippen LogP contribution in [0.25, 0.3) is 0 Å². The third-order valence-electron chi connectivity index (χ3n) is 1.40. The van der Waals surface area contributed by atoms with E-state index in [1.165, 1.54) is 12.8 Å². The summed E-state index contributed by atoms with van der Waals surface area (Å²) >= 11 is 0. The molecule has 0 rings (SSSR count). The van der Waals surface area contributed by atoms with Crippen molar-refractivity contribution in [2.24, 2.45) is 0 Å². The van der Waals surface area contributed by atoms with Crippen LogP contribution in [0.15, 0.2) is 0 Å². The van der Waals surface area contributed by atoms with E-state index in [2.05, 4.69) is 13.8 Å². The van der Waals surface area contributed by atoms with E-state index in [1.807, 2.05) is 0 Å². The zero-order chi connectivity index (χ0) is 6.41. The minimum absolute atomic E-state index is 0.204.